The Morgan fingerprint density at radius 2 is 2.22 bits per heavy atom. The third-order valence-electron chi connectivity index (χ3n) is 3.49. The highest BCUT2D eigenvalue weighted by Crippen LogP contribution is 2.32. The molecular formula is C13H23N3O2. The molecule has 0 amide bonds. The second kappa shape index (κ2) is 5.80. The first-order valence-electron chi connectivity index (χ1n) is 6.81. The summed E-state index contributed by atoms with van der Waals surface area (Å²) in [5.41, 5.74) is 0. The molecule has 0 aromatic carbocycles. The SMILES string of the molecule is CCC1OCCC1c1nnc(CO)n1CC(C)C. The van der Waals surface area contributed by atoms with E-state index < -0.39 is 0 Å². The monoisotopic (exact) mass is 253 g/mol. The lowest BCUT2D eigenvalue weighted by molar-refractivity contribution is 0.0986. The highest BCUT2D eigenvalue weighted by Gasteiger charge is 2.32. The van der Waals surface area contributed by atoms with Crippen LogP contribution in [-0.2, 0) is 17.9 Å². The van der Waals surface area contributed by atoms with Crippen LogP contribution < -0.4 is 0 Å². The summed E-state index contributed by atoms with van der Waals surface area (Å²) in [4.78, 5) is 0. The van der Waals surface area contributed by atoms with Crippen molar-refractivity contribution in [2.45, 2.75) is 58.8 Å². The summed E-state index contributed by atoms with van der Waals surface area (Å²) in [6.45, 7) is 8.06. The van der Waals surface area contributed by atoms with Gasteiger partial charge in [0.25, 0.3) is 0 Å². The summed E-state index contributed by atoms with van der Waals surface area (Å²) in [5.74, 6) is 2.48. The lowest BCUT2D eigenvalue weighted by Gasteiger charge is -2.19. The van der Waals surface area contributed by atoms with Gasteiger partial charge >= 0.3 is 0 Å². The zero-order chi connectivity index (χ0) is 13.1. The molecule has 0 aliphatic carbocycles. The van der Waals surface area contributed by atoms with Gasteiger partial charge in [-0.3, -0.25) is 0 Å². The number of rotatable bonds is 5. The number of hydrogen-bond acceptors (Lipinski definition) is 4. The standard InChI is InChI=1S/C13H23N3O2/c1-4-11-10(5-6-18-11)13-15-14-12(8-17)16(13)7-9(2)3/h9-11,17H,4-8H2,1-3H3. The second-order valence-corrected chi connectivity index (χ2v) is 5.35. The molecule has 1 saturated heterocycles. The van der Waals surface area contributed by atoms with Crippen LogP contribution in [0.1, 0.15) is 51.2 Å². The summed E-state index contributed by atoms with van der Waals surface area (Å²) in [6, 6.07) is 0. The van der Waals surface area contributed by atoms with Gasteiger partial charge in [0, 0.05) is 19.1 Å². The van der Waals surface area contributed by atoms with Gasteiger partial charge in [0.15, 0.2) is 5.82 Å². The van der Waals surface area contributed by atoms with E-state index in [-0.39, 0.29) is 12.7 Å². The van der Waals surface area contributed by atoms with Crippen molar-refractivity contribution in [2.24, 2.45) is 5.92 Å². The first-order chi connectivity index (χ1) is 8.67. The maximum Gasteiger partial charge on any atom is 0.158 e. The van der Waals surface area contributed by atoms with Crippen molar-refractivity contribution in [3.8, 4) is 0 Å². The number of ether oxygens (including phenoxy) is 1. The van der Waals surface area contributed by atoms with Gasteiger partial charge in [-0.15, -0.1) is 10.2 Å². The molecule has 2 unspecified atom stereocenters. The van der Waals surface area contributed by atoms with Gasteiger partial charge in [0.05, 0.1) is 6.10 Å². The van der Waals surface area contributed by atoms with Crippen molar-refractivity contribution in [1.29, 1.82) is 0 Å². The molecule has 1 aromatic rings. The van der Waals surface area contributed by atoms with Crippen molar-refractivity contribution in [3.05, 3.63) is 11.6 Å². The molecule has 5 nitrogen and oxygen atoms in total. The van der Waals surface area contributed by atoms with E-state index in [2.05, 4.69) is 35.5 Å². The maximum atomic E-state index is 9.36. The number of hydrogen-bond donors (Lipinski definition) is 1. The van der Waals surface area contributed by atoms with Crippen LogP contribution in [0.15, 0.2) is 0 Å². The van der Waals surface area contributed by atoms with E-state index in [1.54, 1.807) is 0 Å². The van der Waals surface area contributed by atoms with E-state index in [0.29, 0.717) is 17.7 Å². The predicted octanol–water partition coefficient (Wildman–Crippen LogP) is 1.71. The van der Waals surface area contributed by atoms with Crippen LogP contribution in [0.4, 0.5) is 0 Å². The highest BCUT2D eigenvalue weighted by atomic mass is 16.5. The molecule has 0 bridgehead atoms. The lowest BCUT2D eigenvalue weighted by Crippen LogP contribution is -2.20. The zero-order valence-corrected chi connectivity index (χ0v) is 11.5. The van der Waals surface area contributed by atoms with E-state index in [1.807, 2.05) is 0 Å². The Morgan fingerprint density at radius 1 is 1.44 bits per heavy atom. The lowest BCUT2D eigenvalue weighted by atomic mass is 9.98. The second-order valence-electron chi connectivity index (χ2n) is 5.35. The van der Waals surface area contributed by atoms with Crippen LogP contribution in [0, 0.1) is 5.92 Å². The van der Waals surface area contributed by atoms with Gasteiger partial charge < -0.3 is 14.4 Å². The fourth-order valence-corrected chi connectivity index (χ4v) is 2.65. The molecule has 0 spiro atoms. The Kier molecular flexibility index (Phi) is 4.35. The maximum absolute atomic E-state index is 9.36. The van der Waals surface area contributed by atoms with E-state index in [1.165, 1.54) is 0 Å². The van der Waals surface area contributed by atoms with Gasteiger partial charge in [-0.05, 0) is 18.8 Å². The van der Waals surface area contributed by atoms with Crippen LogP contribution in [-0.4, -0.2) is 32.6 Å². The molecule has 2 heterocycles. The van der Waals surface area contributed by atoms with Crippen LogP contribution >= 0.6 is 0 Å². The van der Waals surface area contributed by atoms with Crippen molar-refractivity contribution >= 4 is 0 Å². The summed E-state index contributed by atoms with van der Waals surface area (Å²) in [7, 11) is 0. The Bertz CT molecular complexity index is 390. The molecule has 1 aliphatic rings. The predicted molar refractivity (Wildman–Crippen MR) is 68.2 cm³/mol. The Hall–Kier alpha value is -0.940. The van der Waals surface area contributed by atoms with Gasteiger partial charge in [0.1, 0.15) is 12.4 Å². The minimum Gasteiger partial charge on any atom is -0.388 e. The largest absolute Gasteiger partial charge is 0.388 e. The summed E-state index contributed by atoms with van der Waals surface area (Å²) < 4.78 is 7.80. The minimum atomic E-state index is -0.0515. The van der Waals surface area contributed by atoms with Crippen LogP contribution in [0.2, 0.25) is 0 Å². The van der Waals surface area contributed by atoms with Gasteiger partial charge in [0.2, 0.25) is 0 Å². The third-order valence-corrected chi connectivity index (χ3v) is 3.49. The molecule has 0 saturated carbocycles. The average Bonchev–Trinajstić information content (AvgIpc) is 2.93. The normalized spacial score (nSPS) is 24.1. The smallest absolute Gasteiger partial charge is 0.158 e. The fourth-order valence-electron chi connectivity index (χ4n) is 2.65. The van der Waals surface area contributed by atoms with Crippen LogP contribution in [0.5, 0.6) is 0 Å². The van der Waals surface area contributed by atoms with Gasteiger partial charge in [-0.1, -0.05) is 20.8 Å². The molecule has 2 rings (SSSR count). The first kappa shape index (κ1) is 13.5. The van der Waals surface area contributed by atoms with Crippen LogP contribution in [0.3, 0.4) is 0 Å². The van der Waals surface area contributed by atoms with Crippen molar-refractivity contribution in [3.63, 3.8) is 0 Å². The molecule has 5 heteroatoms. The number of nitrogens with zero attached hydrogens (tertiary/aromatic N) is 3. The zero-order valence-electron chi connectivity index (χ0n) is 11.5. The molecular weight excluding hydrogens is 230 g/mol. The van der Waals surface area contributed by atoms with E-state index in [0.717, 1.165) is 31.8 Å². The van der Waals surface area contributed by atoms with E-state index in [4.69, 9.17) is 4.74 Å². The molecule has 102 valence electrons. The third kappa shape index (κ3) is 2.57. The Balaban J connectivity index is 2.28. The highest BCUT2D eigenvalue weighted by molar-refractivity contribution is 5.06. The minimum absolute atomic E-state index is 0.0515. The van der Waals surface area contributed by atoms with Crippen molar-refractivity contribution in [1.82, 2.24) is 14.8 Å². The fraction of sp³-hybridized carbons (Fsp3) is 0.846. The summed E-state index contributed by atoms with van der Waals surface area (Å²) in [6.07, 6.45) is 2.24. The van der Waals surface area contributed by atoms with E-state index in [9.17, 15) is 5.11 Å². The molecule has 1 aromatic heterocycles. The average molecular weight is 253 g/mol. The summed E-state index contributed by atoms with van der Waals surface area (Å²) in [5, 5.41) is 17.8. The molecule has 1 fully saturated rings. The topological polar surface area (TPSA) is 60.2 Å². The van der Waals surface area contributed by atoms with Gasteiger partial charge in [-0.25, -0.2) is 0 Å². The molecule has 18 heavy (non-hydrogen) atoms. The molecule has 2 atom stereocenters. The first-order valence-corrected chi connectivity index (χ1v) is 6.81. The number of aliphatic hydroxyl groups excluding tert-OH is 1. The summed E-state index contributed by atoms with van der Waals surface area (Å²) >= 11 is 0. The molecule has 1 aliphatic heterocycles. The Labute approximate surface area is 108 Å². The molecule has 1 N–H and O–H groups in total. The quantitative estimate of drug-likeness (QED) is 0.867. The number of aromatic nitrogens is 3. The van der Waals surface area contributed by atoms with E-state index >= 15 is 0 Å². The van der Waals surface area contributed by atoms with Crippen molar-refractivity contribution in [2.75, 3.05) is 6.61 Å². The van der Waals surface area contributed by atoms with Gasteiger partial charge in [-0.2, -0.15) is 0 Å². The van der Waals surface area contributed by atoms with Crippen molar-refractivity contribution < 1.29 is 9.84 Å². The van der Waals surface area contributed by atoms with Crippen LogP contribution in [0.25, 0.3) is 0 Å². The molecule has 0 radical (unpaired) electrons. The Morgan fingerprint density at radius 3 is 2.83 bits per heavy atom. The number of aliphatic hydroxyl groups is 1.